The highest BCUT2D eigenvalue weighted by Gasteiger charge is 2.32. The second-order valence-electron chi connectivity index (χ2n) is 7.80. The number of urea groups is 1. The van der Waals surface area contributed by atoms with Gasteiger partial charge < -0.3 is 20.9 Å². The van der Waals surface area contributed by atoms with Crippen molar-refractivity contribution in [2.45, 2.75) is 64.0 Å². The molecule has 1 saturated carbocycles. The fourth-order valence-electron chi connectivity index (χ4n) is 4.24. The molecule has 6 heteroatoms. The topological polar surface area (TPSA) is 73.5 Å². The molecule has 136 valence electrons. The summed E-state index contributed by atoms with van der Waals surface area (Å²) in [6.45, 7) is 5.44. The van der Waals surface area contributed by atoms with Gasteiger partial charge in [0.05, 0.1) is 5.92 Å². The summed E-state index contributed by atoms with van der Waals surface area (Å²) in [4.78, 5) is 26.9. The van der Waals surface area contributed by atoms with Gasteiger partial charge >= 0.3 is 6.03 Å². The third kappa shape index (κ3) is 4.41. The summed E-state index contributed by atoms with van der Waals surface area (Å²) in [6.07, 6.45) is 7.41. The molecule has 1 aliphatic carbocycles. The van der Waals surface area contributed by atoms with Crippen molar-refractivity contribution < 1.29 is 9.59 Å². The number of nitrogens with one attached hydrogen (secondary N) is 3. The van der Waals surface area contributed by atoms with E-state index in [0.717, 1.165) is 51.7 Å². The molecule has 3 aliphatic rings. The Kier molecular flexibility index (Phi) is 5.98. The molecule has 3 unspecified atom stereocenters. The summed E-state index contributed by atoms with van der Waals surface area (Å²) in [6, 6.07) is 0.623. The van der Waals surface area contributed by atoms with Gasteiger partial charge in [0, 0.05) is 25.2 Å². The predicted molar refractivity (Wildman–Crippen MR) is 93.7 cm³/mol. The minimum atomic E-state index is -0.0600. The molecule has 0 aromatic heterocycles. The van der Waals surface area contributed by atoms with Gasteiger partial charge in [-0.25, -0.2) is 4.79 Å². The van der Waals surface area contributed by atoms with E-state index in [1.807, 2.05) is 4.90 Å². The van der Waals surface area contributed by atoms with Gasteiger partial charge in [-0.05, 0) is 51.1 Å². The molecule has 0 aromatic carbocycles. The quantitative estimate of drug-likeness (QED) is 0.731. The molecule has 2 aliphatic heterocycles. The summed E-state index contributed by atoms with van der Waals surface area (Å²) < 4.78 is 0. The van der Waals surface area contributed by atoms with Crippen LogP contribution in [0.25, 0.3) is 0 Å². The maximum Gasteiger partial charge on any atom is 0.317 e. The van der Waals surface area contributed by atoms with Crippen molar-refractivity contribution in [3.63, 3.8) is 0 Å². The highest BCUT2D eigenvalue weighted by atomic mass is 16.2. The Labute approximate surface area is 145 Å². The molecule has 0 aromatic rings. The number of piperidine rings is 2. The number of nitrogens with zero attached hydrogens (tertiary/aromatic N) is 1. The molecule has 6 nitrogen and oxygen atoms in total. The summed E-state index contributed by atoms with van der Waals surface area (Å²) >= 11 is 0. The van der Waals surface area contributed by atoms with Crippen LogP contribution in [0, 0.1) is 11.8 Å². The zero-order valence-electron chi connectivity index (χ0n) is 14.9. The second-order valence-corrected chi connectivity index (χ2v) is 7.80. The number of carbonyl (C=O) groups excluding carboxylic acids is 2. The third-order valence-electron chi connectivity index (χ3n) is 5.88. The van der Waals surface area contributed by atoms with Gasteiger partial charge in [0.1, 0.15) is 0 Å². The largest absolute Gasteiger partial charge is 0.353 e. The van der Waals surface area contributed by atoms with Crippen molar-refractivity contribution in [2.24, 2.45) is 11.8 Å². The molecule has 24 heavy (non-hydrogen) atoms. The average molecular weight is 336 g/mol. The van der Waals surface area contributed by atoms with Crippen LogP contribution >= 0.6 is 0 Å². The number of amides is 3. The van der Waals surface area contributed by atoms with E-state index in [1.54, 1.807) is 0 Å². The lowest BCUT2D eigenvalue weighted by Gasteiger charge is -2.35. The van der Waals surface area contributed by atoms with Crippen LogP contribution in [0.2, 0.25) is 0 Å². The van der Waals surface area contributed by atoms with Gasteiger partial charge in [0.25, 0.3) is 0 Å². The standard InChI is InChI=1S/C18H32N4O2/c1-13-11-19-9-8-16(13)21-17(23)14-5-4-10-22(12-14)18(24)20-15-6-2-3-7-15/h13-16,19H,2-12H2,1H3,(H,20,24)(H,21,23). The van der Waals surface area contributed by atoms with Crippen molar-refractivity contribution in [3.05, 3.63) is 0 Å². The first kappa shape index (κ1) is 17.5. The Morgan fingerprint density at radius 1 is 1.04 bits per heavy atom. The molecular weight excluding hydrogens is 304 g/mol. The van der Waals surface area contributed by atoms with Crippen molar-refractivity contribution in [1.82, 2.24) is 20.9 Å². The van der Waals surface area contributed by atoms with Crippen molar-refractivity contribution >= 4 is 11.9 Å². The minimum absolute atomic E-state index is 0.0228. The number of carbonyl (C=O) groups is 2. The highest BCUT2D eigenvalue weighted by Crippen LogP contribution is 2.21. The van der Waals surface area contributed by atoms with Gasteiger partial charge in [-0.1, -0.05) is 19.8 Å². The van der Waals surface area contributed by atoms with Crippen molar-refractivity contribution in [3.8, 4) is 0 Å². The lowest BCUT2D eigenvalue weighted by Crippen LogP contribution is -2.54. The van der Waals surface area contributed by atoms with E-state index in [9.17, 15) is 9.59 Å². The molecule has 3 atom stereocenters. The molecule has 3 fully saturated rings. The van der Waals surface area contributed by atoms with Gasteiger partial charge in [0.15, 0.2) is 0 Å². The zero-order chi connectivity index (χ0) is 16.9. The summed E-state index contributed by atoms with van der Waals surface area (Å²) in [5.74, 6) is 0.537. The van der Waals surface area contributed by atoms with E-state index in [2.05, 4.69) is 22.9 Å². The molecule has 2 saturated heterocycles. The van der Waals surface area contributed by atoms with Crippen LogP contribution in [-0.2, 0) is 4.79 Å². The third-order valence-corrected chi connectivity index (χ3v) is 5.88. The summed E-state index contributed by atoms with van der Waals surface area (Å²) in [7, 11) is 0. The van der Waals surface area contributed by atoms with Gasteiger partial charge in [-0.15, -0.1) is 0 Å². The van der Waals surface area contributed by atoms with Crippen molar-refractivity contribution in [2.75, 3.05) is 26.2 Å². The van der Waals surface area contributed by atoms with Crippen LogP contribution in [0.1, 0.15) is 51.9 Å². The van der Waals surface area contributed by atoms with Crippen molar-refractivity contribution in [1.29, 1.82) is 0 Å². The maximum atomic E-state index is 12.6. The second kappa shape index (κ2) is 8.19. The molecule has 3 N–H and O–H groups in total. The van der Waals surface area contributed by atoms with Gasteiger partial charge in [-0.2, -0.15) is 0 Å². The van der Waals surface area contributed by atoms with Crippen LogP contribution in [-0.4, -0.2) is 55.1 Å². The Morgan fingerprint density at radius 2 is 1.83 bits per heavy atom. The Balaban J connectivity index is 1.48. The normalized spacial score (nSPS) is 31.7. The molecule has 3 amide bonds. The zero-order valence-corrected chi connectivity index (χ0v) is 14.9. The number of likely N-dealkylation sites (tertiary alicyclic amines) is 1. The van der Waals surface area contributed by atoms with Crippen LogP contribution in [0.3, 0.4) is 0 Å². The Hall–Kier alpha value is -1.30. The van der Waals surface area contributed by atoms with E-state index >= 15 is 0 Å². The van der Waals surface area contributed by atoms with Crippen LogP contribution in [0.5, 0.6) is 0 Å². The molecular formula is C18H32N4O2. The smallest absolute Gasteiger partial charge is 0.317 e. The monoisotopic (exact) mass is 336 g/mol. The Morgan fingerprint density at radius 3 is 2.58 bits per heavy atom. The lowest BCUT2D eigenvalue weighted by molar-refractivity contribution is -0.127. The molecule has 2 heterocycles. The van der Waals surface area contributed by atoms with Crippen LogP contribution in [0.15, 0.2) is 0 Å². The number of hydrogen-bond acceptors (Lipinski definition) is 3. The molecule has 0 bridgehead atoms. The van der Waals surface area contributed by atoms with E-state index < -0.39 is 0 Å². The lowest BCUT2D eigenvalue weighted by atomic mass is 9.92. The predicted octanol–water partition coefficient (Wildman–Crippen LogP) is 1.46. The first-order valence-corrected chi connectivity index (χ1v) is 9.70. The van der Waals surface area contributed by atoms with Gasteiger partial charge in [0.2, 0.25) is 5.91 Å². The van der Waals surface area contributed by atoms with E-state index in [1.165, 1.54) is 12.8 Å². The molecule has 0 spiro atoms. The number of hydrogen-bond donors (Lipinski definition) is 3. The maximum absolute atomic E-state index is 12.6. The van der Waals surface area contributed by atoms with E-state index in [0.29, 0.717) is 18.5 Å². The fourth-order valence-corrected chi connectivity index (χ4v) is 4.24. The summed E-state index contributed by atoms with van der Waals surface area (Å²) in [5, 5.41) is 9.74. The average Bonchev–Trinajstić information content (AvgIpc) is 3.10. The van der Waals surface area contributed by atoms with E-state index in [-0.39, 0.29) is 23.9 Å². The van der Waals surface area contributed by atoms with Gasteiger partial charge in [-0.3, -0.25) is 4.79 Å². The molecule has 0 radical (unpaired) electrons. The first-order valence-electron chi connectivity index (χ1n) is 9.70. The Bertz CT molecular complexity index is 450. The summed E-state index contributed by atoms with van der Waals surface area (Å²) in [5.41, 5.74) is 0. The minimum Gasteiger partial charge on any atom is -0.353 e. The SMILES string of the molecule is CC1CNCCC1NC(=O)C1CCCN(C(=O)NC2CCCC2)C1. The van der Waals surface area contributed by atoms with Crippen LogP contribution < -0.4 is 16.0 Å². The first-order chi connectivity index (χ1) is 11.6. The highest BCUT2D eigenvalue weighted by molar-refractivity contribution is 5.81. The number of rotatable bonds is 3. The van der Waals surface area contributed by atoms with Crippen LogP contribution in [0.4, 0.5) is 4.79 Å². The molecule has 3 rings (SSSR count). The fraction of sp³-hybridized carbons (Fsp3) is 0.889. The van der Waals surface area contributed by atoms with E-state index in [4.69, 9.17) is 0 Å².